The third kappa shape index (κ3) is 2.36. The van der Waals surface area contributed by atoms with Crippen LogP contribution in [0.1, 0.15) is 0 Å². The summed E-state index contributed by atoms with van der Waals surface area (Å²) in [5.41, 5.74) is -8.44. The first-order valence-electron chi connectivity index (χ1n) is 5.81. The van der Waals surface area contributed by atoms with E-state index in [1.54, 1.807) is 0 Å². The molecule has 28 heavy (non-hydrogen) atoms. The average Bonchev–Trinajstić information content (AvgIpc) is 2.39. The predicted octanol–water partition coefficient (Wildman–Crippen LogP) is 5.65. The van der Waals surface area contributed by atoms with Crippen LogP contribution < -0.4 is 0 Å². The van der Waals surface area contributed by atoms with Crippen LogP contribution in [0.5, 0.6) is 0 Å². The molecular weight excluding hydrogens is 466 g/mol. The van der Waals surface area contributed by atoms with E-state index in [-0.39, 0.29) is 0 Å². The largest absolute Gasteiger partial charge is 0.483 e. The van der Waals surface area contributed by atoms with Crippen LogP contribution in [-0.4, -0.2) is 53.7 Å². The van der Waals surface area contributed by atoms with E-state index in [0.717, 1.165) is 0 Å². The molecule has 0 heterocycles. The highest BCUT2D eigenvalue weighted by atomic mass is 19.4. The number of hydrogen-bond donors (Lipinski definition) is 0. The van der Waals surface area contributed by atoms with Crippen molar-refractivity contribution in [1.82, 2.24) is 0 Å². The molecule has 0 amide bonds. The minimum absolute atomic E-state index is 1.21. The lowest BCUT2D eigenvalue weighted by Gasteiger charge is -2.55. The van der Waals surface area contributed by atoms with Gasteiger partial charge in [0.25, 0.3) is 0 Å². The number of halogens is 18. The minimum atomic E-state index is -8.47. The van der Waals surface area contributed by atoms with E-state index in [1.807, 2.05) is 0 Å². The highest BCUT2D eigenvalue weighted by molar-refractivity contribution is 5.29. The first kappa shape index (κ1) is 24.7. The maximum Gasteiger partial charge on any atom is 0.483 e. The fraction of sp³-hybridized carbons (Fsp3) is 1.00. The lowest BCUT2D eigenvalue weighted by atomic mass is 9.70. The Balaban J connectivity index is 4.14. The number of hydrogen-bond acceptors (Lipinski definition) is 1. The van der Waals surface area contributed by atoms with Gasteiger partial charge in [-0.2, -0.15) is 79.0 Å². The van der Waals surface area contributed by atoms with E-state index in [2.05, 4.69) is 0 Å². The van der Waals surface area contributed by atoms with Crippen molar-refractivity contribution in [2.75, 3.05) is 0 Å². The van der Waals surface area contributed by atoms with E-state index in [1.165, 1.54) is 4.74 Å². The first-order valence-corrected chi connectivity index (χ1v) is 5.81. The highest BCUT2D eigenvalue weighted by Gasteiger charge is 3.06. The Morgan fingerprint density at radius 3 is 0.893 bits per heavy atom. The zero-order valence-corrected chi connectivity index (χ0v) is 11.7. The van der Waals surface area contributed by atoms with Gasteiger partial charge in [-0.15, -0.1) is 0 Å². The van der Waals surface area contributed by atoms with Crippen molar-refractivity contribution in [3.63, 3.8) is 0 Å². The standard InChI is InChI=1S/C9F18O/c10-2(11)1(7(20,21)22,28-9(26,27)8(23,24)25)3(12,13)5(16,17)6(18,19)4(2,14)15. The zero-order chi connectivity index (χ0) is 23.2. The van der Waals surface area contributed by atoms with Crippen molar-refractivity contribution in [2.45, 2.75) is 53.7 Å². The monoisotopic (exact) mass is 466 g/mol. The Labute approximate surface area is 139 Å². The SMILES string of the molecule is FC(F)(F)C(F)(F)OC1(C(F)(F)F)C(F)(F)C(F)(F)C(F)(F)C(F)(F)C1(F)F. The van der Waals surface area contributed by atoms with Crippen LogP contribution in [0, 0.1) is 0 Å². The number of ether oxygens (including phenoxy) is 1. The molecule has 1 rings (SSSR count). The summed E-state index contributed by atoms with van der Waals surface area (Å²) in [7, 11) is 0. The van der Waals surface area contributed by atoms with Crippen LogP contribution in [0.15, 0.2) is 0 Å². The van der Waals surface area contributed by atoms with Gasteiger partial charge in [0.15, 0.2) is 0 Å². The third-order valence-corrected chi connectivity index (χ3v) is 3.47. The minimum Gasteiger partial charge on any atom is -0.284 e. The van der Waals surface area contributed by atoms with Crippen LogP contribution in [0.3, 0.4) is 0 Å². The molecule has 0 aromatic heterocycles. The Morgan fingerprint density at radius 1 is 0.429 bits per heavy atom. The molecule has 1 fully saturated rings. The van der Waals surface area contributed by atoms with Crippen molar-refractivity contribution in [3.05, 3.63) is 0 Å². The van der Waals surface area contributed by atoms with E-state index < -0.39 is 53.7 Å². The number of rotatable bonds is 2. The molecular formula is C9F18O. The van der Waals surface area contributed by atoms with E-state index in [4.69, 9.17) is 0 Å². The van der Waals surface area contributed by atoms with Crippen LogP contribution in [-0.2, 0) is 4.74 Å². The summed E-state index contributed by atoms with van der Waals surface area (Å²) in [6.07, 6.45) is -23.8. The molecule has 19 heteroatoms. The maximum absolute atomic E-state index is 13.5. The lowest BCUT2D eigenvalue weighted by Crippen LogP contribution is -2.89. The topological polar surface area (TPSA) is 9.23 Å². The van der Waals surface area contributed by atoms with Gasteiger partial charge in [-0.25, -0.2) is 0 Å². The van der Waals surface area contributed by atoms with Gasteiger partial charge >= 0.3 is 53.7 Å². The average molecular weight is 466 g/mol. The van der Waals surface area contributed by atoms with Crippen LogP contribution in [0.2, 0.25) is 0 Å². The molecule has 0 radical (unpaired) electrons. The summed E-state index contributed by atoms with van der Waals surface area (Å²) in [6, 6.07) is 0. The van der Waals surface area contributed by atoms with E-state index in [0.29, 0.717) is 0 Å². The van der Waals surface area contributed by atoms with Crippen molar-refractivity contribution >= 4 is 0 Å². The quantitative estimate of drug-likeness (QED) is 0.479. The lowest BCUT2D eigenvalue weighted by molar-refractivity contribution is -0.568. The molecule has 1 aliphatic carbocycles. The smallest absolute Gasteiger partial charge is 0.284 e. The predicted molar refractivity (Wildman–Crippen MR) is 45.6 cm³/mol. The third-order valence-electron chi connectivity index (χ3n) is 3.47. The normalized spacial score (nSPS) is 28.1. The molecule has 0 bridgehead atoms. The van der Waals surface area contributed by atoms with Gasteiger partial charge < -0.3 is 0 Å². The molecule has 1 saturated carbocycles. The Bertz CT molecular complexity index is 592. The van der Waals surface area contributed by atoms with E-state index >= 15 is 0 Å². The second-order valence-electron chi connectivity index (χ2n) is 5.17. The summed E-state index contributed by atoms with van der Waals surface area (Å²) in [5, 5.41) is 0. The highest BCUT2D eigenvalue weighted by Crippen LogP contribution is 2.73. The second-order valence-corrected chi connectivity index (χ2v) is 5.17. The molecule has 0 atom stereocenters. The summed E-state index contributed by atoms with van der Waals surface area (Å²) in [6.45, 7) is 0. The van der Waals surface area contributed by atoms with Crippen molar-refractivity contribution < 1.29 is 83.8 Å². The fourth-order valence-corrected chi connectivity index (χ4v) is 2.02. The van der Waals surface area contributed by atoms with Gasteiger partial charge in [0, 0.05) is 0 Å². The van der Waals surface area contributed by atoms with Crippen LogP contribution >= 0.6 is 0 Å². The van der Waals surface area contributed by atoms with Gasteiger partial charge in [0.1, 0.15) is 0 Å². The van der Waals surface area contributed by atoms with Crippen molar-refractivity contribution in [3.8, 4) is 0 Å². The molecule has 0 aromatic carbocycles. The van der Waals surface area contributed by atoms with Gasteiger partial charge in [0.2, 0.25) is 0 Å². The Morgan fingerprint density at radius 2 is 0.679 bits per heavy atom. The molecule has 1 aliphatic rings. The second kappa shape index (κ2) is 5.44. The van der Waals surface area contributed by atoms with Gasteiger partial charge in [0.05, 0.1) is 0 Å². The van der Waals surface area contributed by atoms with Gasteiger partial charge in [-0.1, -0.05) is 0 Å². The Kier molecular flexibility index (Phi) is 4.80. The van der Waals surface area contributed by atoms with Crippen LogP contribution in [0.25, 0.3) is 0 Å². The van der Waals surface area contributed by atoms with Gasteiger partial charge in [-0.05, 0) is 0 Å². The molecule has 1 nitrogen and oxygen atoms in total. The molecule has 0 unspecified atom stereocenters. The van der Waals surface area contributed by atoms with E-state index in [9.17, 15) is 79.0 Å². The maximum atomic E-state index is 13.5. The van der Waals surface area contributed by atoms with Crippen LogP contribution in [0.4, 0.5) is 79.0 Å². The molecule has 168 valence electrons. The molecule has 0 spiro atoms. The number of alkyl halides is 18. The molecule has 0 saturated heterocycles. The zero-order valence-electron chi connectivity index (χ0n) is 11.7. The molecule has 0 N–H and O–H groups in total. The van der Waals surface area contributed by atoms with Gasteiger partial charge in [-0.3, -0.25) is 4.74 Å². The first-order chi connectivity index (χ1) is 11.7. The summed E-state index contributed by atoms with van der Waals surface area (Å²) >= 11 is 0. The summed E-state index contributed by atoms with van der Waals surface area (Å²) in [4.78, 5) is 0. The summed E-state index contributed by atoms with van der Waals surface area (Å²) in [5.74, 6) is -41.5. The molecule has 0 aliphatic heterocycles. The van der Waals surface area contributed by atoms with Crippen molar-refractivity contribution in [1.29, 1.82) is 0 Å². The Hall–Kier alpha value is -1.30. The summed E-state index contributed by atoms with van der Waals surface area (Å²) < 4.78 is 232. The molecule has 0 aromatic rings. The van der Waals surface area contributed by atoms with Crippen molar-refractivity contribution in [2.24, 2.45) is 0 Å². The fourth-order valence-electron chi connectivity index (χ4n) is 2.02.